The van der Waals surface area contributed by atoms with E-state index in [0.717, 1.165) is 18.5 Å². The SMILES string of the molecule is CCC(=O)COc1nc(Cl)c(F)c2nc(SC)nc(C3CC4CCC(C4)C3)c12. The number of rotatable bonds is 6. The Balaban J connectivity index is 1.86. The summed E-state index contributed by atoms with van der Waals surface area (Å²) in [6, 6.07) is 0. The molecule has 150 valence electrons. The lowest BCUT2D eigenvalue weighted by Crippen LogP contribution is -2.18. The molecule has 8 heteroatoms. The molecule has 0 saturated heterocycles. The summed E-state index contributed by atoms with van der Waals surface area (Å²) in [7, 11) is 0. The number of thioether (sulfide) groups is 1. The van der Waals surface area contributed by atoms with Crippen LogP contribution in [0.25, 0.3) is 10.9 Å². The maximum atomic E-state index is 14.9. The number of pyridine rings is 1. The van der Waals surface area contributed by atoms with Crippen molar-refractivity contribution in [3.63, 3.8) is 0 Å². The predicted molar refractivity (Wildman–Crippen MR) is 108 cm³/mol. The van der Waals surface area contributed by atoms with Crippen LogP contribution in [0.3, 0.4) is 0 Å². The third kappa shape index (κ3) is 3.71. The molecule has 4 rings (SSSR count). The fourth-order valence-electron chi connectivity index (χ4n) is 4.59. The summed E-state index contributed by atoms with van der Waals surface area (Å²) in [5, 5.41) is 0.680. The van der Waals surface area contributed by atoms with Gasteiger partial charge in [-0.1, -0.05) is 43.1 Å². The quantitative estimate of drug-likeness (QED) is 0.362. The maximum Gasteiger partial charge on any atom is 0.226 e. The van der Waals surface area contributed by atoms with Crippen molar-refractivity contribution < 1.29 is 13.9 Å². The molecule has 0 aromatic carbocycles. The van der Waals surface area contributed by atoms with Crippen molar-refractivity contribution in [2.75, 3.05) is 12.9 Å². The number of aromatic nitrogens is 3. The van der Waals surface area contributed by atoms with Crippen LogP contribution in [0, 0.1) is 17.7 Å². The Hall–Kier alpha value is -1.47. The normalized spacial score (nSPS) is 23.9. The van der Waals surface area contributed by atoms with E-state index in [1.54, 1.807) is 6.92 Å². The van der Waals surface area contributed by atoms with Gasteiger partial charge in [0.05, 0.1) is 11.1 Å². The fraction of sp³-hybridized carbons (Fsp3) is 0.600. The largest absolute Gasteiger partial charge is 0.469 e. The standard InChI is InChI=1S/C20H23ClFN3O2S/c1-3-13(26)9-27-19-14-16(12-7-10-4-5-11(6-10)8-12)23-20(28-2)24-17(14)15(22)18(21)25-19/h10-12H,3-9H2,1-2H3. The lowest BCUT2D eigenvalue weighted by molar-refractivity contribution is -0.120. The van der Waals surface area contributed by atoms with Crippen molar-refractivity contribution in [1.82, 2.24) is 15.0 Å². The molecule has 0 N–H and O–H groups in total. The summed E-state index contributed by atoms with van der Waals surface area (Å²) >= 11 is 7.39. The molecule has 28 heavy (non-hydrogen) atoms. The van der Waals surface area contributed by atoms with E-state index in [4.69, 9.17) is 21.3 Å². The lowest BCUT2D eigenvalue weighted by Gasteiger charge is -2.28. The van der Waals surface area contributed by atoms with Gasteiger partial charge in [-0.2, -0.15) is 4.98 Å². The highest BCUT2D eigenvalue weighted by molar-refractivity contribution is 7.98. The number of carbonyl (C=O) groups is 1. The van der Waals surface area contributed by atoms with Gasteiger partial charge in [0.25, 0.3) is 0 Å². The van der Waals surface area contributed by atoms with E-state index in [1.165, 1.54) is 31.0 Å². The van der Waals surface area contributed by atoms with Gasteiger partial charge < -0.3 is 4.74 Å². The molecular formula is C20H23ClFN3O2S. The Kier molecular flexibility index (Phi) is 5.74. The van der Waals surface area contributed by atoms with Crippen molar-refractivity contribution in [2.45, 2.75) is 56.5 Å². The molecule has 2 saturated carbocycles. The van der Waals surface area contributed by atoms with Gasteiger partial charge in [-0.05, 0) is 37.4 Å². The predicted octanol–water partition coefficient (Wildman–Crippen LogP) is 5.19. The second-order valence-electron chi connectivity index (χ2n) is 7.74. The number of ether oxygens (including phenoxy) is 1. The molecule has 2 unspecified atom stereocenters. The van der Waals surface area contributed by atoms with Gasteiger partial charge in [-0.15, -0.1) is 0 Å². The zero-order valence-corrected chi connectivity index (χ0v) is 17.6. The minimum atomic E-state index is -0.663. The highest BCUT2D eigenvalue weighted by Gasteiger charge is 2.37. The number of ketones is 1. The van der Waals surface area contributed by atoms with Crippen molar-refractivity contribution in [3.8, 4) is 5.88 Å². The van der Waals surface area contributed by atoms with Crippen LogP contribution in [0.5, 0.6) is 5.88 Å². The van der Waals surface area contributed by atoms with E-state index in [-0.39, 0.29) is 34.9 Å². The number of halogens is 2. The second-order valence-corrected chi connectivity index (χ2v) is 8.87. The summed E-state index contributed by atoms with van der Waals surface area (Å²) in [4.78, 5) is 25.0. The van der Waals surface area contributed by atoms with Crippen LogP contribution in [0.4, 0.5) is 4.39 Å². The molecule has 2 aliphatic rings. The number of fused-ring (bicyclic) bond motifs is 3. The molecule has 0 radical (unpaired) electrons. The van der Waals surface area contributed by atoms with E-state index < -0.39 is 5.82 Å². The Labute approximate surface area is 172 Å². The molecule has 2 aliphatic carbocycles. The van der Waals surface area contributed by atoms with Crippen LogP contribution >= 0.6 is 23.4 Å². The first-order valence-corrected chi connectivity index (χ1v) is 11.4. The minimum Gasteiger partial charge on any atom is -0.469 e. The monoisotopic (exact) mass is 423 g/mol. The van der Waals surface area contributed by atoms with E-state index in [1.807, 2.05) is 6.26 Å². The Morgan fingerprint density at radius 2 is 1.93 bits per heavy atom. The smallest absolute Gasteiger partial charge is 0.226 e. The summed E-state index contributed by atoms with van der Waals surface area (Å²) in [5.41, 5.74) is 0.916. The van der Waals surface area contributed by atoms with Gasteiger partial charge in [-0.3, -0.25) is 4.79 Å². The summed E-state index contributed by atoms with van der Waals surface area (Å²) in [6.07, 6.45) is 8.09. The first kappa shape index (κ1) is 19.8. The van der Waals surface area contributed by atoms with Gasteiger partial charge >= 0.3 is 0 Å². The highest BCUT2D eigenvalue weighted by Crippen LogP contribution is 2.50. The number of Topliss-reactive ketones (excluding diaryl/α,β-unsaturated/α-hetero) is 1. The second kappa shape index (κ2) is 8.11. The first-order valence-electron chi connectivity index (χ1n) is 9.75. The van der Waals surface area contributed by atoms with E-state index in [0.29, 0.717) is 28.8 Å². The first-order chi connectivity index (χ1) is 13.5. The zero-order chi connectivity index (χ0) is 19.8. The third-order valence-corrected chi connectivity index (χ3v) is 6.74. The molecule has 2 atom stereocenters. The van der Waals surface area contributed by atoms with E-state index >= 15 is 0 Å². The molecule has 2 bridgehead atoms. The van der Waals surface area contributed by atoms with Crippen molar-refractivity contribution in [1.29, 1.82) is 0 Å². The minimum absolute atomic E-state index is 0.0608. The Bertz CT molecular complexity index is 914. The third-order valence-electron chi connectivity index (χ3n) is 5.94. The number of carbonyl (C=O) groups excluding carboxylic acids is 1. The number of hydrogen-bond acceptors (Lipinski definition) is 6. The van der Waals surface area contributed by atoms with Gasteiger partial charge in [0.2, 0.25) is 5.88 Å². The number of hydrogen-bond donors (Lipinski definition) is 0. The molecule has 2 aromatic rings. The van der Waals surface area contributed by atoms with Crippen LogP contribution in [0.1, 0.15) is 57.1 Å². The molecule has 2 heterocycles. The average molecular weight is 424 g/mol. The topological polar surface area (TPSA) is 65.0 Å². The summed E-state index contributed by atoms with van der Waals surface area (Å²) in [6.45, 7) is 1.64. The van der Waals surface area contributed by atoms with Crippen molar-refractivity contribution in [3.05, 3.63) is 16.7 Å². The molecular weight excluding hydrogens is 401 g/mol. The Morgan fingerprint density at radius 1 is 1.21 bits per heavy atom. The zero-order valence-electron chi connectivity index (χ0n) is 16.0. The average Bonchev–Trinajstić information content (AvgIpc) is 3.05. The van der Waals surface area contributed by atoms with Gasteiger partial charge in [0, 0.05) is 12.3 Å². The summed E-state index contributed by atoms with van der Waals surface area (Å²) < 4.78 is 20.5. The van der Waals surface area contributed by atoms with Crippen molar-refractivity contribution >= 4 is 40.0 Å². The van der Waals surface area contributed by atoms with Crippen LogP contribution in [0.2, 0.25) is 5.15 Å². The van der Waals surface area contributed by atoms with Crippen LogP contribution < -0.4 is 4.74 Å². The van der Waals surface area contributed by atoms with E-state index in [2.05, 4.69) is 9.97 Å². The highest BCUT2D eigenvalue weighted by atomic mass is 35.5. The molecule has 2 fully saturated rings. The Morgan fingerprint density at radius 3 is 2.57 bits per heavy atom. The van der Waals surface area contributed by atoms with E-state index in [9.17, 15) is 9.18 Å². The number of nitrogens with zero attached hydrogens (tertiary/aromatic N) is 3. The van der Waals surface area contributed by atoms with Gasteiger partial charge in [-0.25, -0.2) is 14.4 Å². The molecule has 0 spiro atoms. The lowest BCUT2D eigenvalue weighted by atomic mass is 9.78. The van der Waals surface area contributed by atoms with Crippen LogP contribution in [0.15, 0.2) is 5.16 Å². The van der Waals surface area contributed by atoms with Crippen molar-refractivity contribution in [2.24, 2.45) is 11.8 Å². The molecule has 0 amide bonds. The van der Waals surface area contributed by atoms with Gasteiger partial charge in [0.15, 0.2) is 21.9 Å². The van der Waals surface area contributed by atoms with Crippen LogP contribution in [-0.2, 0) is 4.79 Å². The van der Waals surface area contributed by atoms with Crippen LogP contribution in [-0.4, -0.2) is 33.6 Å². The fourth-order valence-corrected chi connectivity index (χ4v) is 5.13. The molecule has 5 nitrogen and oxygen atoms in total. The molecule has 2 aromatic heterocycles. The summed E-state index contributed by atoms with van der Waals surface area (Å²) in [5.74, 6) is 1.04. The van der Waals surface area contributed by atoms with Gasteiger partial charge in [0.1, 0.15) is 12.1 Å². The maximum absolute atomic E-state index is 14.9. The molecule has 0 aliphatic heterocycles.